The van der Waals surface area contributed by atoms with E-state index in [1.807, 2.05) is 36.4 Å². The van der Waals surface area contributed by atoms with Gasteiger partial charge in [0.25, 0.3) is 0 Å². The van der Waals surface area contributed by atoms with E-state index in [2.05, 4.69) is 28.8 Å². The van der Waals surface area contributed by atoms with Crippen LogP contribution in [-0.4, -0.2) is 31.3 Å². The number of ether oxygens (including phenoxy) is 1. The van der Waals surface area contributed by atoms with Crippen LogP contribution in [-0.2, 0) is 4.74 Å². The zero-order chi connectivity index (χ0) is 15.2. The van der Waals surface area contributed by atoms with E-state index in [1.54, 1.807) is 0 Å². The second-order valence-electron chi connectivity index (χ2n) is 5.85. The SMILES string of the molecule is O=C(NC1C=CC=CC1c1ccccc1)OC1CC[NH2+]CC1. The number of rotatable bonds is 3. The van der Waals surface area contributed by atoms with Crippen LogP contribution >= 0.6 is 0 Å². The number of carbonyl (C=O) groups excluding carboxylic acids is 1. The Hall–Kier alpha value is -2.07. The maximum atomic E-state index is 12.2. The topological polar surface area (TPSA) is 54.9 Å². The van der Waals surface area contributed by atoms with Crippen LogP contribution in [0.1, 0.15) is 24.3 Å². The predicted octanol–water partition coefficient (Wildman–Crippen LogP) is 1.72. The minimum atomic E-state index is -0.308. The number of hydrogen-bond donors (Lipinski definition) is 2. The molecule has 2 unspecified atom stereocenters. The van der Waals surface area contributed by atoms with Crippen LogP contribution in [0.4, 0.5) is 4.79 Å². The van der Waals surface area contributed by atoms with Gasteiger partial charge in [0.15, 0.2) is 0 Å². The molecule has 1 aromatic rings. The molecular weight excluding hydrogens is 276 g/mol. The van der Waals surface area contributed by atoms with Gasteiger partial charge in [-0.1, -0.05) is 54.6 Å². The minimum Gasteiger partial charge on any atom is -0.446 e. The van der Waals surface area contributed by atoms with Crippen molar-refractivity contribution in [3.63, 3.8) is 0 Å². The molecule has 1 aliphatic heterocycles. The molecule has 1 heterocycles. The number of hydrogen-bond acceptors (Lipinski definition) is 2. The molecule has 0 saturated carbocycles. The zero-order valence-corrected chi connectivity index (χ0v) is 12.7. The third-order valence-electron chi connectivity index (χ3n) is 4.26. The second kappa shape index (κ2) is 7.27. The van der Waals surface area contributed by atoms with Gasteiger partial charge in [0.05, 0.1) is 19.1 Å². The highest BCUT2D eigenvalue weighted by molar-refractivity contribution is 5.68. The zero-order valence-electron chi connectivity index (χ0n) is 12.7. The molecule has 3 N–H and O–H groups in total. The van der Waals surface area contributed by atoms with Crippen LogP contribution in [0, 0.1) is 0 Å². The van der Waals surface area contributed by atoms with Gasteiger partial charge >= 0.3 is 6.09 Å². The maximum Gasteiger partial charge on any atom is 0.407 e. The number of carbonyl (C=O) groups is 1. The third-order valence-corrected chi connectivity index (χ3v) is 4.26. The van der Waals surface area contributed by atoms with Crippen LogP contribution in [0.5, 0.6) is 0 Å². The summed E-state index contributed by atoms with van der Waals surface area (Å²) in [5, 5.41) is 5.27. The van der Waals surface area contributed by atoms with Crippen molar-refractivity contribution >= 4 is 6.09 Å². The highest BCUT2D eigenvalue weighted by atomic mass is 16.6. The number of allylic oxidation sites excluding steroid dienone is 2. The molecule has 4 nitrogen and oxygen atoms in total. The minimum absolute atomic E-state index is 0.0586. The van der Waals surface area contributed by atoms with E-state index < -0.39 is 0 Å². The first-order chi connectivity index (χ1) is 10.8. The third kappa shape index (κ3) is 3.77. The lowest BCUT2D eigenvalue weighted by Crippen LogP contribution is -2.86. The van der Waals surface area contributed by atoms with E-state index in [-0.39, 0.29) is 24.2 Å². The van der Waals surface area contributed by atoms with Gasteiger partial charge in [0.1, 0.15) is 6.10 Å². The summed E-state index contributed by atoms with van der Waals surface area (Å²) >= 11 is 0. The Bertz CT molecular complexity index is 547. The van der Waals surface area contributed by atoms with Crippen molar-refractivity contribution < 1.29 is 14.8 Å². The van der Waals surface area contributed by atoms with Gasteiger partial charge < -0.3 is 15.4 Å². The van der Waals surface area contributed by atoms with E-state index in [0.717, 1.165) is 25.9 Å². The largest absolute Gasteiger partial charge is 0.446 e. The number of amides is 1. The lowest BCUT2D eigenvalue weighted by molar-refractivity contribution is -0.664. The van der Waals surface area contributed by atoms with Crippen molar-refractivity contribution in [3.8, 4) is 0 Å². The van der Waals surface area contributed by atoms with Gasteiger partial charge in [0.2, 0.25) is 0 Å². The normalized spacial score (nSPS) is 24.9. The second-order valence-corrected chi connectivity index (χ2v) is 5.85. The van der Waals surface area contributed by atoms with Gasteiger partial charge in [-0.2, -0.15) is 0 Å². The first kappa shape index (κ1) is 14.9. The van der Waals surface area contributed by atoms with Gasteiger partial charge in [-0.3, -0.25) is 0 Å². The van der Waals surface area contributed by atoms with E-state index in [4.69, 9.17) is 4.74 Å². The Morgan fingerprint density at radius 1 is 1.09 bits per heavy atom. The number of benzene rings is 1. The van der Waals surface area contributed by atoms with Crippen LogP contribution < -0.4 is 10.6 Å². The Balaban J connectivity index is 1.61. The molecule has 1 aliphatic carbocycles. The van der Waals surface area contributed by atoms with Gasteiger partial charge in [0, 0.05) is 18.8 Å². The molecule has 1 saturated heterocycles. The first-order valence-corrected chi connectivity index (χ1v) is 8.01. The standard InChI is InChI=1S/C18H22N2O2/c21-18(22-15-10-12-19-13-11-15)20-17-9-5-4-8-16(17)14-6-2-1-3-7-14/h1-9,15-17,19H,10-13H2,(H,20,21)/p+1. The molecule has 116 valence electrons. The summed E-state index contributed by atoms with van der Waals surface area (Å²) in [5.41, 5.74) is 1.20. The molecule has 1 aromatic carbocycles. The summed E-state index contributed by atoms with van der Waals surface area (Å²) < 4.78 is 5.55. The summed E-state index contributed by atoms with van der Waals surface area (Å²) in [6.45, 7) is 2.08. The van der Waals surface area contributed by atoms with Crippen molar-refractivity contribution in [2.24, 2.45) is 0 Å². The van der Waals surface area contributed by atoms with Crippen LogP contribution in [0.25, 0.3) is 0 Å². The van der Waals surface area contributed by atoms with Crippen LogP contribution in [0.3, 0.4) is 0 Å². The monoisotopic (exact) mass is 299 g/mol. The molecule has 0 aromatic heterocycles. The number of nitrogens with two attached hydrogens (primary N) is 1. The molecule has 2 atom stereocenters. The average molecular weight is 299 g/mol. The van der Waals surface area contributed by atoms with E-state index in [9.17, 15) is 4.79 Å². The fourth-order valence-electron chi connectivity index (χ4n) is 3.07. The number of piperidine rings is 1. The maximum absolute atomic E-state index is 12.2. The Kier molecular flexibility index (Phi) is 4.91. The number of alkyl carbamates (subject to hydrolysis) is 1. The fraction of sp³-hybridized carbons (Fsp3) is 0.389. The molecule has 4 heteroatoms. The summed E-state index contributed by atoms with van der Waals surface area (Å²) in [4.78, 5) is 12.2. The highest BCUT2D eigenvalue weighted by Gasteiger charge is 2.25. The van der Waals surface area contributed by atoms with Gasteiger partial charge in [-0.05, 0) is 5.56 Å². The van der Waals surface area contributed by atoms with Crippen molar-refractivity contribution in [3.05, 3.63) is 60.2 Å². The predicted molar refractivity (Wildman–Crippen MR) is 85.5 cm³/mol. The Labute approximate surface area is 131 Å². The number of quaternary nitrogens is 1. The molecule has 1 fully saturated rings. The summed E-state index contributed by atoms with van der Waals surface area (Å²) in [6.07, 6.45) is 9.77. The van der Waals surface area contributed by atoms with Crippen LogP contribution in [0.15, 0.2) is 54.6 Å². The van der Waals surface area contributed by atoms with E-state index in [1.165, 1.54) is 5.56 Å². The highest BCUT2D eigenvalue weighted by Crippen LogP contribution is 2.25. The molecule has 22 heavy (non-hydrogen) atoms. The quantitative estimate of drug-likeness (QED) is 0.893. The van der Waals surface area contributed by atoms with Crippen molar-refractivity contribution in [1.29, 1.82) is 0 Å². The molecule has 0 spiro atoms. The lowest BCUT2D eigenvalue weighted by atomic mass is 9.88. The van der Waals surface area contributed by atoms with Gasteiger partial charge in [-0.25, -0.2) is 4.79 Å². The van der Waals surface area contributed by atoms with E-state index >= 15 is 0 Å². The fourth-order valence-corrected chi connectivity index (χ4v) is 3.07. The van der Waals surface area contributed by atoms with Crippen molar-refractivity contribution in [2.45, 2.75) is 30.9 Å². The molecule has 0 bridgehead atoms. The molecule has 3 rings (SSSR count). The van der Waals surface area contributed by atoms with Gasteiger partial charge in [-0.15, -0.1) is 0 Å². The molecule has 1 amide bonds. The summed E-state index contributed by atoms with van der Waals surface area (Å²) in [6, 6.07) is 10.2. The number of nitrogens with one attached hydrogen (secondary N) is 1. The summed E-state index contributed by atoms with van der Waals surface area (Å²) in [5.74, 6) is 0.151. The lowest BCUT2D eigenvalue weighted by Gasteiger charge is -2.27. The Morgan fingerprint density at radius 2 is 1.82 bits per heavy atom. The van der Waals surface area contributed by atoms with Crippen molar-refractivity contribution in [2.75, 3.05) is 13.1 Å². The molecule has 2 aliphatic rings. The van der Waals surface area contributed by atoms with Crippen LogP contribution in [0.2, 0.25) is 0 Å². The molecular formula is C18H23N2O2+. The van der Waals surface area contributed by atoms with E-state index in [0.29, 0.717) is 0 Å². The summed E-state index contributed by atoms with van der Waals surface area (Å²) in [7, 11) is 0. The first-order valence-electron chi connectivity index (χ1n) is 8.01. The van der Waals surface area contributed by atoms with Crippen molar-refractivity contribution in [1.82, 2.24) is 5.32 Å². The average Bonchev–Trinajstić information content (AvgIpc) is 2.57. The smallest absolute Gasteiger partial charge is 0.407 e. The molecule has 0 radical (unpaired) electrons. The Morgan fingerprint density at radius 3 is 2.59 bits per heavy atom.